The van der Waals surface area contributed by atoms with Crippen LogP contribution in [0.1, 0.15) is 26.3 Å². The van der Waals surface area contributed by atoms with Crippen LogP contribution in [-0.2, 0) is 0 Å². The van der Waals surface area contributed by atoms with E-state index in [1.807, 2.05) is 13.0 Å². The molecule has 1 aliphatic heterocycles. The zero-order valence-corrected chi connectivity index (χ0v) is 11.7. The Balaban J connectivity index is 1.93. The second-order valence-corrected chi connectivity index (χ2v) is 4.98. The molecular formula is C15H14N4O2. The molecule has 0 saturated heterocycles. The highest BCUT2D eigenvalue weighted by atomic mass is 16.2. The van der Waals surface area contributed by atoms with E-state index >= 15 is 0 Å². The molecule has 2 heterocycles. The largest absolute Gasteiger partial charge is 0.397 e. The molecule has 21 heavy (non-hydrogen) atoms. The highest BCUT2D eigenvalue weighted by Crippen LogP contribution is 2.26. The zero-order valence-electron chi connectivity index (χ0n) is 11.7. The van der Waals surface area contributed by atoms with Crippen LogP contribution >= 0.6 is 0 Å². The third-order valence-corrected chi connectivity index (χ3v) is 3.51. The van der Waals surface area contributed by atoms with E-state index in [1.165, 1.54) is 7.05 Å². The lowest BCUT2D eigenvalue weighted by Gasteiger charge is -2.08. The van der Waals surface area contributed by atoms with Gasteiger partial charge < -0.3 is 11.1 Å². The number of amides is 2. The number of carbonyl (C=O) groups is 2. The molecular weight excluding hydrogens is 268 g/mol. The lowest BCUT2D eigenvalue weighted by Crippen LogP contribution is -2.24. The van der Waals surface area contributed by atoms with Crippen molar-refractivity contribution in [2.24, 2.45) is 0 Å². The van der Waals surface area contributed by atoms with Crippen molar-refractivity contribution in [3.05, 3.63) is 47.2 Å². The summed E-state index contributed by atoms with van der Waals surface area (Å²) in [6, 6.07) is 6.87. The average Bonchev–Trinajstić information content (AvgIpc) is 2.68. The summed E-state index contributed by atoms with van der Waals surface area (Å²) in [6.45, 7) is 1.89. The van der Waals surface area contributed by atoms with Crippen molar-refractivity contribution in [3.63, 3.8) is 0 Å². The van der Waals surface area contributed by atoms with Gasteiger partial charge in [-0.1, -0.05) is 0 Å². The quantitative estimate of drug-likeness (QED) is 0.822. The van der Waals surface area contributed by atoms with Crippen molar-refractivity contribution in [3.8, 4) is 0 Å². The van der Waals surface area contributed by atoms with Gasteiger partial charge in [0.05, 0.1) is 23.0 Å². The number of nitrogen functional groups attached to an aromatic ring is 1. The second kappa shape index (κ2) is 4.59. The summed E-state index contributed by atoms with van der Waals surface area (Å²) in [5, 5.41) is 3.10. The van der Waals surface area contributed by atoms with Crippen molar-refractivity contribution in [2.75, 3.05) is 18.1 Å². The van der Waals surface area contributed by atoms with Crippen molar-refractivity contribution >= 4 is 29.0 Å². The van der Waals surface area contributed by atoms with Gasteiger partial charge in [0.2, 0.25) is 0 Å². The molecule has 3 rings (SSSR count). The summed E-state index contributed by atoms with van der Waals surface area (Å²) in [7, 11) is 1.47. The molecule has 1 aromatic heterocycles. The minimum absolute atomic E-state index is 0.275. The number of nitrogens with zero attached hydrogens (tertiary/aromatic N) is 2. The molecule has 0 unspecified atom stereocenters. The lowest BCUT2D eigenvalue weighted by molar-refractivity contribution is 0.0693. The number of rotatable bonds is 2. The second-order valence-electron chi connectivity index (χ2n) is 4.98. The van der Waals surface area contributed by atoms with Crippen LogP contribution in [0.4, 0.5) is 17.2 Å². The van der Waals surface area contributed by atoms with Gasteiger partial charge in [-0.05, 0) is 36.8 Å². The van der Waals surface area contributed by atoms with Gasteiger partial charge in [0.25, 0.3) is 11.8 Å². The van der Waals surface area contributed by atoms with Gasteiger partial charge in [-0.25, -0.2) is 4.98 Å². The Hall–Kier alpha value is -2.89. The maximum atomic E-state index is 12.0. The lowest BCUT2D eigenvalue weighted by atomic mass is 10.1. The Labute approximate surface area is 121 Å². The molecule has 1 aliphatic rings. The minimum Gasteiger partial charge on any atom is -0.397 e. The predicted octanol–water partition coefficient (Wildman–Crippen LogP) is 1.94. The Morgan fingerprint density at radius 3 is 2.57 bits per heavy atom. The highest BCUT2D eigenvalue weighted by molar-refractivity contribution is 6.21. The summed E-state index contributed by atoms with van der Waals surface area (Å²) in [6.07, 6.45) is 1.58. The standard InChI is InChI=1S/C15H14N4O2/c1-8-5-13(17-7-12(8)16)18-9-3-4-10-11(6-9)15(21)19(2)14(10)20/h3-7H,16H2,1-2H3,(H,17,18). The number of nitrogens with one attached hydrogen (secondary N) is 1. The van der Waals surface area contributed by atoms with Crippen LogP contribution in [0.3, 0.4) is 0 Å². The topological polar surface area (TPSA) is 88.3 Å². The van der Waals surface area contributed by atoms with E-state index in [0.717, 1.165) is 10.5 Å². The number of imide groups is 1. The first-order valence-electron chi connectivity index (χ1n) is 6.43. The fraction of sp³-hybridized carbons (Fsp3) is 0.133. The number of anilines is 3. The van der Waals surface area contributed by atoms with Gasteiger partial charge in [-0.15, -0.1) is 0 Å². The van der Waals surface area contributed by atoms with E-state index in [-0.39, 0.29) is 11.8 Å². The van der Waals surface area contributed by atoms with E-state index < -0.39 is 0 Å². The molecule has 1 aromatic carbocycles. The first kappa shape index (κ1) is 13.1. The van der Waals surface area contributed by atoms with Crippen LogP contribution in [0.2, 0.25) is 0 Å². The molecule has 6 nitrogen and oxygen atoms in total. The number of hydrogen-bond acceptors (Lipinski definition) is 5. The van der Waals surface area contributed by atoms with E-state index in [0.29, 0.717) is 28.3 Å². The molecule has 0 bridgehead atoms. The fourth-order valence-corrected chi connectivity index (χ4v) is 2.22. The minimum atomic E-state index is -0.292. The summed E-state index contributed by atoms with van der Waals surface area (Å²) in [4.78, 5) is 29.1. The summed E-state index contributed by atoms with van der Waals surface area (Å²) < 4.78 is 0. The Morgan fingerprint density at radius 1 is 1.14 bits per heavy atom. The van der Waals surface area contributed by atoms with E-state index in [9.17, 15) is 9.59 Å². The molecule has 0 atom stereocenters. The normalized spacial score (nSPS) is 13.5. The third-order valence-electron chi connectivity index (χ3n) is 3.51. The van der Waals surface area contributed by atoms with Gasteiger partial charge in [-0.3, -0.25) is 14.5 Å². The van der Waals surface area contributed by atoms with E-state index in [4.69, 9.17) is 5.73 Å². The van der Waals surface area contributed by atoms with Gasteiger partial charge in [-0.2, -0.15) is 0 Å². The molecule has 0 radical (unpaired) electrons. The molecule has 0 spiro atoms. The number of benzene rings is 1. The molecule has 3 N–H and O–H groups in total. The monoisotopic (exact) mass is 282 g/mol. The van der Waals surface area contributed by atoms with Crippen LogP contribution < -0.4 is 11.1 Å². The van der Waals surface area contributed by atoms with Gasteiger partial charge in [0, 0.05) is 12.7 Å². The van der Waals surface area contributed by atoms with Gasteiger partial charge >= 0.3 is 0 Å². The van der Waals surface area contributed by atoms with Crippen molar-refractivity contribution in [1.29, 1.82) is 0 Å². The molecule has 2 aromatic rings. The van der Waals surface area contributed by atoms with E-state index in [1.54, 1.807) is 24.4 Å². The molecule has 0 saturated carbocycles. The van der Waals surface area contributed by atoms with Gasteiger partial charge in [0.15, 0.2) is 0 Å². The first-order chi connectivity index (χ1) is 9.97. The Kier molecular flexibility index (Phi) is 2.86. The van der Waals surface area contributed by atoms with Crippen LogP contribution in [-0.4, -0.2) is 28.7 Å². The van der Waals surface area contributed by atoms with Crippen molar-refractivity contribution in [1.82, 2.24) is 9.88 Å². The Bertz CT molecular complexity index is 770. The molecule has 106 valence electrons. The van der Waals surface area contributed by atoms with Crippen molar-refractivity contribution < 1.29 is 9.59 Å². The third kappa shape index (κ3) is 2.10. The van der Waals surface area contributed by atoms with Gasteiger partial charge in [0.1, 0.15) is 5.82 Å². The summed E-state index contributed by atoms with van der Waals surface area (Å²) in [5.74, 6) is 0.0647. The predicted molar refractivity (Wildman–Crippen MR) is 79.5 cm³/mol. The number of pyridine rings is 1. The zero-order chi connectivity index (χ0) is 15.1. The van der Waals surface area contributed by atoms with Crippen LogP contribution in [0.25, 0.3) is 0 Å². The maximum Gasteiger partial charge on any atom is 0.261 e. The number of carbonyl (C=O) groups excluding carboxylic acids is 2. The summed E-state index contributed by atoms with van der Waals surface area (Å²) in [5.41, 5.74) is 8.79. The molecule has 6 heteroatoms. The van der Waals surface area contributed by atoms with Crippen LogP contribution in [0.15, 0.2) is 30.5 Å². The number of fused-ring (bicyclic) bond motifs is 1. The first-order valence-corrected chi connectivity index (χ1v) is 6.43. The maximum absolute atomic E-state index is 12.0. The number of hydrogen-bond donors (Lipinski definition) is 2. The number of aryl methyl sites for hydroxylation is 1. The molecule has 0 fully saturated rings. The Morgan fingerprint density at radius 2 is 1.86 bits per heavy atom. The number of nitrogens with two attached hydrogens (primary N) is 1. The average molecular weight is 282 g/mol. The van der Waals surface area contributed by atoms with Crippen molar-refractivity contribution in [2.45, 2.75) is 6.92 Å². The highest BCUT2D eigenvalue weighted by Gasteiger charge is 2.32. The number of aromatic nitrogens is 1. The fourth-order valence-electron chi connectivity index (χ4n) is 2.22. The van der Waals surface area contributed by atoms with Crippen LogP contribution in [0, 0.1) is 6.92 Å². The summed E-state index contributed by atoms with van der Waals surface area (Å²) >= 11 is 0. The molecule has 2 amide bonds. The van der Waals surface area contributed by atoms with E-state index in [2.05, 4.69) is 10.3 Å². The molecule has 0 aliphatic carbocycles. The van der Waals surface area contributed by atoms with Crippen LogP contribution in [0.5, 0.6) is 0 Å². The smallest absolute Gasteiger partial charge is 0.261 e. The SMILES string of the molecule is Cc1cc(Nc2ccc3c(c2)C(=O)N(C)C3=O)ncc1N.